The molecule has 2 aromatic carbocycles. The van der Waals surface area contributed by atoms with Crippen molar-refractivity contribution in [3.8, 4) is 5.75 Å². The van der Waals surface area contributed by atoms with Gasteiger partial charge in [-0.25, -0.2) is 8.42 Å². The van der Waals surface area contributed by atoms with Gasteiger partial charge in [-0.05, 0) is 30.7 Å². The van der Waals surface area contributed by atoms with Crippen molar-refractivity contribution in [1.82, 2.24) is 0 Å². The molecule has 2 rings (SSSR count). The number of phenolic OH excluding ortho intramolecular Hbond substituents is 1. The minimum atomic E-state index is -3.60. The Labute approximate surface area is 106 Å². The molecule has 4 nitrogen and oxygen atoms in total. The van der Waals surface area contributed by atoms with E-state index in [4.69, 9.17) is 0 Å². The van der Waals surface area contributed by atoms with E-state index < -0.39 is 10.0 Å². The number of benzene rings is 2. The molecule has 0 fully saturated rings. The summed E-state index contributed by atoms with van der Waals surface area (Å²) < 4.78 is 26.4. The van der Waals surface area contributed by atoms with Gasteiger partial charge in [-0.15, -0.1) is 0 Å². The van der Waals surface area contributed by atoms with Crippen molar-refractivity contribution in [2.45, 2.75) is 11.8 Å². The number of hydrogen-bond acceptors (Lipinski definition) is 3. The molecule has 2 N–H and O–H groups in total. The topological polar surface area (TPSA) is 66.4 Å². The first-order valence-corrected chi connectivity index (χ1v) is 6.85. The fourth-order valence-electron chi connectivity index (χ4n) is 1.49. The van der Waals surface area contributed by atoms with Crippen LogP contribution in [0.4, 0.5) is 5.69 Å². The monoisotopic (exact) mass is 263 g/mol. The fourth-order valence-corrected chi connectivity index (χ4v) is 2.56. The molecule has 2 aromatic rings. The van der Waals surface area contributed by atoms with Gasteiger partial charge in [0.05, 0.1) is 10.6 Å². The highest BCUT2D eigenvalue weighted by atomic mass is 32.2. The Kier molecular flexibility index (Phi) is 3.25. The summed E-state index contributed by atoms with van der Waals surface area (Å²) in [4.78, 5) is 0.185. The normalized spacial score (nSPS) is 11.2. The maximum Gasteiger partial charge on any atom is 0.261 e. The van der Waals surface area contributed by atoms with E-state index in [2.05, 4.69) is 4.72 Å². The molecule has 0 radical (unpaired) electrons. The lowest BCUT2D eigenvalue weighted by atomic mass is 10.2. The summed E-state index contributed by atoms with van der Waals surface area (Å²) in [5.74, 6) is 0.0586. The molecule has 0 bridgehead atoms. The Hall–Kier alpha value is -2.01. The maximum absolute atomic E-state index is 12.0. The second-order valence-electron chi connectivity index (χ2n) is 3.92. The van der Waals surface area contributed by atoms with E-state index >= 15 is 0 Å². The second kappa shape index (κ2) is 4.70. The molecule has 0 amide bonds. The SMILES string of the molecule is Cc1ccc(NS(=O)(=O)c2ccccc2)cc1O. The highest BCUT2D eigenvalue weighted by molar-refractivity contribution is 7.92. The summed E-state index contributed by atoms with van der Waals surface area (Å²) in [6, 6.07) is 12.7. The minimum Gasteiger partial charge on any atom is -0.508 e. The van der Waals surface area contributed by atoms with Gasteiger partial charge < -0.3 is 5.11 Å². The van der Waals surface area contributed by atoms with Crippen molar-refractivity contribution in [2.75, 3.05) is 4.72 Å². The minimum absolute atomic E-state index is 0.0586. The number of hydrogen-bond donors (Lipinski definition) is 2. The first-order valence-electron chi connectivity index (χ1n) is 5.36. The van der Waals surface area contributed by atoms with Crippen LogP contribution in [0.3, 0.4) is 0 Å². The van der Waals surface area contributed by atoms with Crippen molar-refractivity contribution in [3.63, 3.8) is 0 Å². The Morgan fingerprint density at radius 3 is 2.33 bits per heavy atom. The molecule has 5 heteroatoms. The molecular weight excluding hydrogens is 250 g/mol. The number of aryl methyl sites for hydroxylation is 1. The average Bonchev–Trinajstić information content (AvgIpc) is 2.35. The smallest absolute Gasteiger partial charge is 0.261 e. The van der Waals surface area contributed by atoms with Crippen LogP contribution in [0.2, 0.25) is 0 Å². The lowest BCUT2D eigenvalue weighted by Gasteiger charge is -2.09. The molecule has 94 valence electrons. The van der Waals surface area contributed by atoms with E-state index in [9.17, 15) is 13.5 Å². The number of aromatic hydroxyl groups is 1. The summed E-state index contributed by atoms with van der Waals surface area (Å²) in [6.45, 7) is 1.74. The van der Waals surface area contributed by atoms with Crippen LogP contribution < -0.4 is 4.72 Å². The van der Waals surface area contributed by atoms with Crippen LogP contribution in [-0.2, 0) is 10.0 Å². The molecule has 0 atom stereocenters. The van der Waals surface area contributed by atoms with Crippen LogP contribution in [0, 0.1) is 6.92 Å². The van der Waals surface area contributed by atoms with Gasteiger partial charge in [-0.3, -0.25) is 4.72 Å². The predicted molar refractivity (Wildman–Crippen MR) is 70.1 cm³/mol. The first-order chi connectivity index (χ1) is 8.49. The van der Waals surface area contributed by atoms with Crippen LogP contribution >= 0.6 is 0 Å². The van der Waals surface area contributed by atoms with Crippen molar-refractivity contribution >= 4 is 15.7 Å². The molecular formula is C13H13NO3S. The van der Waals surface area contributed by atoms with E-state index in [1.54, 1.807) is 37.3 Å². The zero-order valence-electron chi connectivity index (χ0n) is 9.79. The summed E-state index contributed by atoms with van der Waals surface area (Å²) in [5, 5.41) is 9.53. The lowest BCUT2D eigenvalue weighted by molar-refractivity contribution is 0.471. The zero-order valence-corrected chi connectivity index (χ0v) is 10.6. The third-order valence-corrected chi connectivity index (χ3v) is 3.91. The van der Waals surface area contributed by atoms with Crippen LogP contribution in [0.1, 0.15) is 5.56 Å². The second-order valence-corrected chi connectivity index (χ2v) is 5.60. The van der Waals surface area contributed by atoms with Crippen LogP contribution in [-0.4, -0.2) is 13.5 Å². The quantitative estimate of drug-likeness (QED) is 0.894. The van der Waals surface area contributed by atoms with Gasteiger partial charge in [-0.2, -0.15) is 0 Å². The van der Waals surface area contributed by atoms with E-state index in [1.807, 2.05) is 0 Å². The molecule has 18 heavy (non-hydrogen) atoms. The molecule has 0 aliphatic heterocycles. The Morgan fingerprint density at radius 2 is 1.72 bits per heavy atom. The van der Waals surface area contributed by atoms with Gasteiger partial charge in [0.15, 0.2) is 0 Å². The summed E-state index contributed by atoms with van der Waals surface area (Å²) in [6.07, 6.45) is 0. The highest BCUT2D eigenvalue weighted by Crippen LogP contribution is 2.23. The Balaban J connectivity index is 2.31. The van der Waals surface area contributed by atoms with Gasteiger partial charge in [0.2, 0.25) is 0 Å². The zero-order chi connectivity index (χ0) is 13.2. The Bertz CT molecular complexity index is 651. The van der Waals surface area contributed by atoms with E-state index in [1.165, 1.54) is 18.2 Å². The van der Waals surface area contributed by atoms with E-state index in [0.717, 1.165) is 0 Å². The Morgan fingerprint density at radius 1 is 1.06 bits per heavy atom. The van der Waals surface area contributed by atoms with Crippen LogP contribution in [0.25, 0.3) is 0 Å². The van der Waals surface area contributed by atoms with Gasteiger partial charge >= 0.3 is 0 Å². The van der Waals surface area contributed by atoms with Crippen molar-refractivity contribution < 1.29 is 13.5 Å². The number of phenols is 1. The number of sulfonamides is 1. The highest BCUT2D eigenvalue weighted by Gasteiger charge is 2.13. The third kappa shape index (κ3) is 2.62. The molecule has 0 aliphatic rings. The van der Waals surface area contributed by atoms with E-state index in [-0.39, 0.29) is 10.6 Å². The fraction of sp³-hybridized carbons (Fsp3) is 0.0769. The lowest BCUT2D eigenvalue weighted by Crippen LogP contribution is -2.12. The molecule has 0 saturated carbocycles. The van der Waals surface area contributed by atoms with Gasteiger partial charge in [0.25, 0.3) is 10.0 Å². The van der Waals surface area contributed by atoms with Gasteiger partial charge in [0, 0.05) is 6.07 Å². The van der Waals surface area contributed by atoms with Crippen molar-refractivity contribution in [1.29, 1.82) is 0 Å². The summed E-state index contributed by atoms with van der Waals surface area (Å²) in [7, 11) is -3.60. The molecule has 0 aliphatic carbocycles. The first kappa shape index (κ1) is 12.4. The average molecular weight is 263 g/mol. The number of nitrogens with one attached hydrogen (secondary N) is 1. The third-order valence-electron chi connectivity index (χ3n) is 2.51. The van der Waals surface area contributed by atoms with E-state index in [0.29, 0.717) is 11.3 Å². The largest absolute Gasteiger partial charge is 0.508 e. The standard InChI is InChI=1S/C13H13NO3S/c1-10-7-8-11(9-13(10)15)14-18(16,17)12-5-3-2-4-6-12/h2-9,14-15H,1H3. The predicted octanol–water partition coefficient (Wildman–Crippen LogP) is 2.50. The van der Waals surface area contributed by atoms with Gasteiger partial charge in [-0.1, -0.05) is 24.3 Å². The molecule has 0 heterocycles. The molecule has 0 saturated heterocycles. The van der Waals surface area contributed by atoms with Crippen molar-refractivity contribution in [3.05, 3.63) is 54.1 Å². The summed E-state index contributed by atoms with van der Waals surface area (Å²) in [5.41, 5.74) is 1.03. The summed E-state index contributed by atoms with van der Waals surface area (Å²) >= 11 is 0. The number of rotatable bonds is 3. The van der Waals surface area contributed by atoms with Crippen molar-refractivity contribution in [2.24, 2.45) is 0 Å². The molecule has 0 aromatic heterocycles. The number of anilines is 1. The van der Waals surface area contributed by atoms with Crippen LogP contribution in [0.5, 0.6) is 5.75 Å². The molecule has 0 spiro atoms. The maximum atomic E-state index is 12.0. The van der Waals surface area contributed by atoms with Crippen LogP contribution in [0.15, 0.2) is 53.4 Å². The molecule has 0 unspecified atom stereocenters. The van der Waals surface area contributed by atoms with Gasteiger partial charge in [0.1, 0.15) is 5.75 Å².